The largest absolute Gasteiger partial charge is 0.493 e. The highest BCUT2D eigenvalue weighted by Gasteiger charge is 2.11. The zero-order valence-corrected chi connectivity index (χ0v) is 12.9. The van der Waals surface area contributed by atoms with Crippen molar-refractivity contribution in [3.63, 3.8) is 0 Å². The number of anilines is 1. The number of nitrogens with zero attached hydrogens (tertiary/aromatic N) is 1. The van der Waals surface area contributed by atoms with Gasteiger partial charge >= 0.3 is 0 Å². The van der Waals surface area contributed by atoms with Crippen LogP contribution in [0, 0.1) is 0 Å². The lowest BCUT2D eigenvalue weighted by Gasteiger charge is -2.09. The fraction of sp³-hybridized carbons (Fsp3) is 0.286. The monoisotopic (exact) mass is 307 g/mol. The van der Waals surface area contributed by atoms with Crippen molar-refractivity contribution in [3.8, 4) is 11.5 Å². The molecule has 0 saturated heterocycles. The van der Waals surface area contributed by atoms with Gasteiger partial charge in [0.2, 0.25) is 0 Å². The Bertz CT molecular complexity index is 628. The van der Waals surface area contributed by atoms with Crippen LogP contribution in [0.2, 0.25) is 0 Å². The van der Waals surface area contributed by atoms with Gasteiger partial charge in [-0.05, 0) is 18.2 Å². The lowest BCUT2D eigenvalue weighted by atomic mass is 10.2. The molecule has 112 valence electrons. The molecular weight excluding hydrogens is 290 g/mol. The van der Waals surface area contributed by atoms with E-state index in [0.717, 1.165) is 10.8 Å². The maximum atomic E-state index is 12.1. The number of hydrogen-bond donors (Lipinski definition) is 2. The summed E-state index contributed by atoms with van der Waals surface area (Å²) in [7, 11) is 4.90. The predicted molar refractivity (Wildman–Crippen MR) is 82.4 cm³/mol. The van der Waals surface area contributed by atoms with Gasteiger partial charge in [-0.1, -0.05) is 0 Å². The van der Waals surface area contributed by atoms with Crippen molar-refractivity contribution in [2.75, 3.05) is 26.6 Å². The lowest BCUT2D eigenvalue weighted by Crippen LogP contribution is -2.23. The van der Waals surface area contributed by atoms with Gasteiger partial charge < -0.3 is 20.1 Å². The number of amides is 1. The minimum atomic E-state index is -0.185. The molecule has 0 fully saturated rings. The van der Waals surface area contributed by atoms with Crippen molar-refractivity contribution in [3.05, 3.63) is 34.8 Å². The molecule has 0 spiro atoms. The van der Waals surface area contributed by atoms with Crippen LogP contribution < -0.4 is 20.1 Å². The number of methoxy groups -OCH3 is 2. The molecule has 0 radical (unpaired) electrons. The first kappa shape index (κ1) is 15.1. The maximum absolute atomic E-state index is 12.1. The Kier molecular flexibility index (Phi) is 4.99. The summed E-state index contributed by atoms with van der Waals surface area (Å²) in [5.74, 6) is 0.929. The molecule has 0 aliphatic heterocycles. The first-order valence-electron chi connectivity index (χ1n) is 6.30. The topological polar surface area (TPSA) is 72.5 Å². The van der Waals surface area contributed by atoms with E-state index in [4.69, 9.17) is 9.47 Å². The van der Waals surface area contributed by atoms with E-state index in [1.165, 1.54) is 18.4 Å². The van der Waals surface area contributed by atoms with E-state index < -0.39 is 0 Å². The summed E-state index contributed by atoms with van der Waals surface area (Å²) in [5, 5.41) is 8.51. The van der Waals surface area contributed by atoms with Gasteiger partial charge in [0.1, 0.15) is 0 Å². The van der Waals surface area contributed by atoms with Gasteiger partial charge in [-0.25, -0.2) is 4.98 Å². The molecule has 1 aromatic heterocycles. The van der Waals surface area contributed by atoms with Crippen LogP contribution in [0.1, 0.15) is 16.1 Å². The summed E-state index contributed by atoms with van der Waals surface area (Å²) in [6, 6.07) is 5.04. The van der Waals surface area contributed by atoms with Crippen LogP contribution in [0.4, 0.5) is 5.13 Å². The predicted octanol–water partition coefficient (Wildman–Crippen LogP) is 2.13. The minimum Gasteiger partial charge on any atom is -0.493 e. The molecule has 0 aliphatic rings. The second kappa shape index (κ2) is 6.94. The number of ether oxygens (including phenoxy) is 2. The lowest BCUT2D eigenvalue weighted by molar-refractivity contribution is 0.0950. The molecule has 1 amide bonds. The highest BCUT2D eigenvalue weighted by Crippen LogP contribution is 2.27. The Balaban J connectivity index is 2.02. The standard InChI is InChI=1S/C14H17N3O3S/c1-15-14-17-10(8-21-14)7-16-13(18)9-4-5-11(19-2)12(6-9)20-3/h4-6,8H,7H2,1-3H3,(H,15,17)(H,16,18). The number of benzene rings is 1. The smallest absolute Gasteiger partial charge is 0.251 e. The zero-order valence-electron chi connectivity index (χ0n) is 12.1. The molecule has 0 atom stereocenters. The van der Waals surface area contributed by atoms with E-state index in [-0.39, 0.29) is 5.91 Å². The Labute approximate surface area is 127 Å². The van der Waals surface area contributed by atoms with Crippen LogP contribution >= 0.6 is 11.3 Å². The van der Waals surface area contributed by atoms with Crippen LogP contribution in [0.5, 0.6) is 11.5 Å². The van der Waals surface area contributed by atoms with Crippen molar-refractivity contribution >= 4 is 22.4 Å². The van der Waals surface area contributed by atoms with E-state index in [9.17, 15) is 4.79 Å². The molecule has 0 bridgehead atoms. The van der Waals surface area contributed by atoms with Crippen molar-refractivity contribution < 1.29 is 14.3 Å². The van der Waals surface area contributed by atoms with Crippen molar-refractivity contribution in [2.24, 2.45) is 0 Å². The third-order valence-corrected chi connectivity index (χ3v) is 3.75. The number of nitrogens with one attached hydrogen (secondary N) is 2. The highest BCUT2D eigenvalue weighted by atomic mass is 32.1. The van der Waals surface area contributed by atoms with E-state index in [0.29, 0.717) is 23.6 Å². The molecule has 2 rings (SSSR count). The normalized spacial score (nSPS) is 10.0. The molecular formula is C14H17N3O3S. The number of hydrogen-bond acceptors (Lipinski definition) is 6. The second-order valence-corrected chi connectivity index (χ2v) is 5.00. The van der Waals surface area contributed by atoms with E-state index in [2.05, 4.69) is 15.6 Å². The van der Waals surface area contributed by atoms with Gasteiger partial charge in [-0.3, -0.25) is 4.79 Å². The Morgan fingerprint density at radius 1 is 1.29 bits per heavy atom. The number of rotatable bonds is 6. The third-order valence-electron chi connectivity index (χ3n) is 2.84. The molecule has 0 aliphatic carbocycles. The first-order chi connectivity index (χ1) is 10.2. The summed E-state index contributed by atoms with van der Waals surface area (Å²) in [4.78, 5) is 16.4. The summed E-state index contributed by atoms with van der Waals surface area (Å²) < 4.78 is 10.3. The number of thiazole rings is 1. The van der Waals surface area contributed by atoms with Crippen LogP contribution in [0.25, 0.3) is 0 Å². The summed E-state index contributed by atoms with van der Waals surface area (Å²) >= 11 is 1.50. The van der Waals surface area contributed by atoms with E-state index in [1.807, 2.05) is 12.4 Å². The fourth-order valence-electron chi connectivity index (χ4n) is 1.75. The maximum Gasteiger partial charge on any atom is 0.251 e. The summed E-state index contributed by atoms with van der Waals surface area (Å²) in [6.45, 7) is 0.380. The molecule has 6 nitrogen and oxygen atoms in total. The van der Waals surface area contributed by atoms with Crippen molar-refractivity contribution in [2.45, 2.75) is 6.54 Å². The molecule has 1 heterocycles. The molecule has 0 saturated carbocycles. The quantitative estimate of drug-likeness (QED) is 0.855. The molecule has 2 aromatic rings. The van der Waals surface area contributed by atoms with Crippen molar-refractivity contribution in [1.82, 2.24) is 10.3 Å². The minimum absolute atomic E-state index is 0.185. The molecule has 2 N–H and O–H groups in total. The van der Waals surface area contributed by atoms with Crippen LogP contribution in [0.15, 0.2) is 23.6 Å². The van der Waals surface area contributed by atoms with Crippen LogP contribution in [0.3, 0.4) is 0 Å². The van der Waals surface area contributed by atoms with Gasteiger partial charge in [0.15, 0.2) is 16.6 Å². The van der Waals surface area contributed by atoms with E-state index in [1.54, 1.807) is 25.3 Å². The summed E-state index contributed by atoms with van der Waals surface area (Å²) in [6.07, 6.45) is 0. The Hall–Kier alpha value is -2.28. The van der Waals surface area contributed by atoms with Crippen molar-refractivity contribution in [1.29, 1.82) is 0 Å². The van der Waals surface area contributed by atoms with Gasteiger partial charge in [0.05, 0.1) is 26.5 Å². The molecule has 1 aromatic carbocycles. The SMILES string of the molecule is CNc1nc(CNC(=O)c2ccc(OC)c(OC)c2)cs1. The average molecular weight is 307 g/mol. The van der Waals surface area contributed by atoms with E-state index >= 15 is 0 Å². The van der Waals surface area contributed by atoms with Gasteiger partial charge in [-0.2, -0.15) is 0 Å². The molecule has 21 heavy (non-hydrogen) atoms. The molecule has 7 heteroatoms. The second-order valence-electron chi connectivity index (χ2n) is 4.15. The van der Waals surface area contributed by atoms with Gasteiger partial charge in [0, 0.05) is 18.0 Å². The average Bonchev–Trinajstić information content (AvgIpc) is 2.99. The summed E-state index contributed by atoms with van der Waals surface area (Å²) in [5.41, 5.74) is 1.33. The number of carbonyl (C=O) groups excluding carboxylic acids is 1. The fourth-order valence-corrected chi connectivity index (χ4v) is 2.42. The van der Waals surface area contributed by atoms with Gasteiger partial charge in [-0.15, -0.1) is 11.3 Å². The Morgan fingerprint density at radius 2 is 2.05 bits per heavy atom. The third kappa shape index (κ3) is 3.63. The first-order valence-corrected chi connectivity index (χ1v) is 7.18. The number of carbonyl (C=O) groups is 1. The molecule has 0 unspecified atom stereocenters. The van der Waals surface area contributed by atoms with Crippen LogP contribution in [-0.2, 0) is 6.54 Å². The Morgan fingerprint density at radius 3 is 2.67 bits per heavy atom. The number of aromatic nitrogens is 1. The zero-order chi connectivity index (χ0) is 15.2. The van der Waals surface area contributed by atoms with Gasteiger partial charge in [0.25, 0.3) is 5.91 Å². The highest BCUT2D eigenvalue weighted by molar-refractivity contribution is 7.13. The van der Waals surface area contributed by atoms with Crippen LogP contribution in [-0.4, -0.2) is 32.2 Å².